The Morgan fingerprint density at radius 1 is 1.12 bits per heavy atom. The largest absolute Gasteiger partial charge is 0.383 e. The first kappa shape index (κ1) is 17.6. The van der Waals surface area contributed by atoms with Crippen LogP contribution in [0.15, 0.2) is 48.7 Å². The summed E-state index contributed by atoms with van der Waals surface area (Å²) in [6, 6.07) is 12.8. The van der Waals surface area contributed by atoms with E-state index in [2.05, 4.69) is 15.6 Å². The molecule has 0 atom stereocenters. The Bertz CT molecular complexity index is 932. The van der Waals surface area contributed by atoms with E-state index in [9.17, 15) is 9.59 Å². The van der Waals surface area contributed by atoms with Gasteiger partial charge in [-0.1, -0.05) is 23.8 Å². The van der Waals surface area contributed by atoms with Crippen molar-refractivity contribution in [3.63, 3.8) is 0 Å². The molecule has 0 bridgehead atoms. The fraction of sp³-hybridized carbons (Fsp3) is 0.211. The van der Waals surface area contributed by atoms with Gasteiger partial charge in [-0.2, -0.15) is 0 Å². The van der Waals surface area contributed by atoms with E-state index in [4.69, 9.17) is 4.74 Å². The van der Waals surface area contributed by atoms with Gasteiger partial charge in [-0.15, -0.1) is 0 Å². The molecule has 2 aromatic heterocycles. The van der Waals surface area contributed by atoms with E-state index in [-0.39, 0.29) is 23.3 Å². The standard InChI is InChI=1S/C19H20N4O3/c1-13-6-8-14(9-7-13)21-18(24)16-15-5-3-4-11-23(15)17(22-16)19(25)20-10-12-26-2/h3-9,11H,10,12H2,1-2H3,(H,20,25)(H,21,24). The highest BCUT2D eigenvalue weighted by Gasteiger charge is 2.21. The molecule has 0 fully saturated rings. The normalized spacial score (nSPS) is 10.7. The Hall–Kier alpha value is -3.19. The summed E-state index contributed by atoms with van der Waals surface area (Å²) in [5, 5.41) is 5.54. The number of amides is 2. The van der Waals surface area contributed by atoms with Crippen molar-refractivity contribution in [1.29, 1.82) is 0 Å². The van der Waals surface area contributed by atoms with Crippen LogP contribution in [-0.4, -0.2) is 41.5 Å². The van der Waals surface area contributed by atoms with E-state index in [0.717, 1.165) is 5.56 Å². The van der Waals surface area contributed by atoms with Gasteiger partial charge in [-0.25, -0.2) is 4.98 Å². The summed E-state index contributed by atoms with van der Waals surface area (Å²) in [5.74, 6) is -0.572. The number of pyridine rings is 1. The van der Waals surface area contributed by atoms with Gasteiger partial charge in [-0.3, -0.25) is 14.0 Å². The topological polar surface area (TPSA) is 84.7 Å². The highest BCUT2D eigenvalue weighted by Crippen LogP contribution is 2.16. The van der Waals surface area contributed by atoms with Crippen LogP contribution in [0.3, 0.4) is 0 Å². The number of rotatable bonds is 6. The van der Waals surface area contributed by atoms with Crippen molar-refractivity contribution < 1.29 is 14.3 Å². The molecule has 3 aromatic rings. The number of carbonyl (C=O) groups excluding carboxylic acids is 2. The summed E-state index contributed by atoms with van der Waals surface area (Å²) in [4.78, 5) is 29.3. The van der Waals surface area contributed by atoms with E-state index in [0.29, 0.717) is 24.4 Å². The number of aryl methyl sites for hydroxylation is 1. The molecule has 0 radical (unpaired) electrons. The van der Waals surface area contributed by atoms with Crippen molar-refractivity contribution in [3.8, 4) is 0 Å². The second-order valence-corrected chi connectivity index (χ2v) is 5.81. The van der Waals surface area contributed by atoms with Crippen LogP contribution in [0, 0.1) is 6.92 Å². The number of aromatic nitrogens is 2. The molecule has 2 amide bonds. The van der Waals surface area contributed by atoms with Gasteiger partial charge in [0.1, 0.15) is 0 Å². The number of anilines is 1. The van der Waals surface area contributed by atoms with Crippen LogP contribution in [0.25, 0.3) is 5.52 Å². The SMILES string of the molecule is COCCNC(=O)c1nc(C(=O)Nc2ccc(C)cc2)c2ccccn12. The van der Waals surface area contributed by atoms with Crippen LogP contribution in [-0.2, 0) is 4.74 Å². The van der Waals surface area contributed by atoms with E-state index in [1.165, 1.54) is 0 Å². The van der Waals surface area contributed by atoms with Gasteiger partial charge in [0.25, 0.3) is 11.8 Å². The fourth-order valence-electron chi connectivity index (χ4n) is 2.54. The molecular weight excluding hydrogens is 332 g/mol. The lowest BCUT2D eigenvalue weighted by Crippen LogP contribution is -2.28. The first-order chi connectivity index (χ1) is 12.6. The zero-order valence-corrected chi connectivity index (χ0v) is 14.7. The van der Waals surface area contributed by atoms with Gasteiger partial charge in [0, 0.05) is 25.5 Å². The first-order valence-corrected chi connectivity index (χ1v) is 8.22. The summed E-state index contributed by atoms with van der Waals surface area (Å²) in [5.41, 5.74) is 2.53. The second kappa shape index (κ2) is 7.79. The Morgan fingerprint density at radius 3 is 2.62 bits per heavy atom. The van der Waals surface area contributed by atoms with E-state index < -0.39 is 0 Å². The van der Waals surface area contributed by atoms with Gasteiger partial charge in [-0.05, 0) is 31.2 Å². The number of imidazole rings is 1. The number of carbonyl (C=O) groups is 2. The number of nitrogens with zero attached hydrogens (tertiary/aromatic N) is 2. The third kappa shape index (κ3) is 3.73. The van der Waals surface area contributed by atoms with E-state index >= 15 is 0 Å². The zero-order valence-electron chi connectivity index (χ0n) is 14.7. The molecule has 0 saturated carbocycles. The molecule has 0 spiro atoms. The molecular formula is C19H20N4O3. The minimum Gasteiger partial charge on any atom is -0.383 e. The van der Waals surface area contributed by atoms with Gasteiger partial charge >= 0.3 is 0 Å². The third-order valence-corrected chi connectivity index (χ3v) is 3.87. The van der Waals surface area contributed by atoms with E-state index in [1.807, 2.05) is 31.2 Å². The van der Waals surface area contributed by atoms with Crippen molar-refractivity contribution in [2.45, 2.75) is 6.92 Å². The van der Waals surface area contributed by atoms with Crippen molar-refractivity contribution in [3.05, 3.63) is 65.7 Å². The summed E-state index contributed by atoms with van der Waals surface area (Å²) in [6.45, 7) is 2.74. The number of fused-ring (bicyclic) bond motifs is 1. The van der Waals surface area contributed by atoms with Crippen molar-refractivity contribution >= 4 is 23.0 Å². The lowest BCUT2D eigenvalue weighted by atomic mass is 10.2. The fourth-order valence-corrected chi connectivity index (χ4v) is 2.54. The molecule has 2 heterocycles. The number of hydrogen-bond donors (Lipinski definition) is 2. The molecule has 0 aliphatic carbocycles. The van der Waals surface area contributed by atoms with Crippen molar-refractivity contribution in [2.24, 2.45) is 0 Å². The smallest absolute Gasteiger partial charge is 0.287 e. The predicted octanol–water partition coefficient (Wildman–Crippen LogP) is 2.27. The van der Waals surface area contributed by atoms with Gasteiger partial charge < -0.3 is 15.4 Å². The summed E-state index contributed by atoms with van der Waals surface area (Å²) >= 11 is 0. The summed E-state index contributed by atoms with van der Waals surface area (Å²) < 4.78 is 6.53. The Labute approximate surface area is 151 Å². The monoisotopic (exact) mass is 352 g/mol. The average molecular weight is 352 g/mol. The Balaban J connectivity index is 1.89. The average Bonchev–Trinajstić information content (AvgIpc) is 3.04. The second-order valence-electron chi connectivity index (χ2n) is 5.81. The zero-order chi connectivity index (χ0) is 18.5. The van der Waals surface area contributed by atoms with Crippen molar-refractivity contribution in [2.75, 3.05) is 25.6 Å². The molecule has 2 N–H and O–H groups in total. The highest BCUT2D eigenvalue weighted by molar-refractivity contribution is 6.08. The van der Waals surface area contributed by atoms with Crippen LogP contribution in [0.1, 0.15) is 26.7 Å². The number of hydrogen-bond acceptors (Lipinski definition) is 4. The third-order valence-electron chi connectivity index (χ3n) is 3.87. The molecule has 26 heavy (non-hydrogen) atoms. The van der Waals surface area contributed by atoms with Gasteiger partial charge in [0.2, 0.25) is 5.82 Å². The van der Waals surface area contributed by atoms with E-state index in [1.54, 1.807) is 35.9 Å². The quantitative estimate of drug-likeness (QED) is 0.667. The lowest BCUT2D eigenvalue weighted by molar-refractivity contribution is 0.0926. The number of nitrogens with one attached hydrogen (secondary N) is 2. The molecule has 3 rings (SSSR count). The molecule has 7 heteroatoms. The predicted molar refractivity (Wildman–Crippen MR) is 98.5 cm³/mol. The minimum absolute atomic E-state index is 0.158. The molecule has 0 saturated heterocycles. The number of ether oxygens (including phenoxy) is 1. The molecule has 0 aliphatic rings. The lowest BCUT2D eigenvalue weighted by Gasteiger charge is -2.04. The number of benzene rings is 1. The molecule has 0 aliphatic heterocycles. The van der Waals surface area contributed by atoms with Crippen LogP contribution >= 0.6 is 0 Å². The van der Waals surface area contributed by atoms with Crippen molar-refractivity contribution in [1.82, 2.24) is 14.7 Å². The molecule has 0 unspecified atom stereocenters. The molecule has 134 valence electrons. The summed E-state index contributed by atoms with van der Waals surface area (Å²) in [6.07, 6.45) is 1.70. The Morgan fingerprint density at radius 2 is 1.88 bits per heavy atom. The van der Waals surface area contributed by atoms with Crippen LogP contribution in [0.4, 0.5) is 5.69 Å². The molecule has 7 nitrogen and oxygen atoms in total. The maximum absolute atomic E-state index is 12.7. The summed E-state index contributed by atoms with van der Waals surface area (Å²) in [7, 11) is 1.56. The highest BCUT2D eigenvalue weighted by atomic mass is 16.5. The maximum Gasteiger partial charge on any atom is 0.287 e. The van der Waals surface area contributed by atoms with Gasteiger partial charge in [0.15, 0.2) is 5.69 Å². The Kier molecular flexibility index (Phi) is 5.28. The minimum atomic E-state index is -0.367. The van der Waals surface area contributed by atoms with Gasteiger partial charge in [0.05, 0.1) is 12.1 Å². The number of methoxy groups -OCH3 is 1. The van der Waals surface area contributed by atoms with Crippen LogP contribution in [0.5, 0.6) is 0 Å². The van der Waals surface area contributed by atoms with Crippen LogP contribution < -0.4 is 10.6 Å². The maximum atomic E-state index is 12.7. The first-order valence-electron chi connectivity index (χ1n) is 8.22. The van der Waals surface area contributed by atoms with Crippen LogP contribution in [0.2, 0.25) is 0 Å². The molecule has 1 aromatic carbocycles.